The van der Waals surface area contributed by atoms with Gasteiger partial charge in [0.15, 0.2) is 0 Å². The molecule has 1 heterocycles. The highest BCUT2D eigenvalue weighted by Gasteiger charge is 2.16. The predicted octanol–water partition coefficient (Wildman–Crippen LogP) is 4.58. The summed E-state index contributed by atoms with van der Waals surface area (Å²) < 4.78 is 0. The third-order valence-corrected chi connectivity index (χ3v) is 4.87. The number of likely N-dealkylation sites (tertiary alicyclic amines) is 1. The lowest BCUT2D eigenvalue weighted by Crippen LogP contribution is -2.36. The molecule has 2 heteroatoms. The van der Waals surface area contributed by atoms with Gasteiger partial charge in [0.1, 0.15) is 0 Å². The molecule has 1 fully saturated rings. The van der Waals surface area contributed by atoms with Crippen molar-refractivity contribution >= 4 is 0 Å². The van der Waals surface area contributed by atoms with Gasteiger partial charge in [0.05, 0.1) is 0 Å². The van der Waals surface area contributed by atoms with Crippen LogP contribution in [0.4, 0.5) is 0 Å². The van der Waals surface area contributed by atoms with Crippen LogP contribution < -0.4 is 5.73 Å². The molecule has 0 amide bonds. The van der Waals surface area contributed by atoms with E-state index in [9.17, 15) is 0 Å². The molecule has 0 saturated carbocycles. The average molecular weight is 283 g/mol. The highest BCUT2D eigenvalue weighted by Crippen LogP contribution is 2.16. The Morgan fingerprint density at radius 1 is 0.800 bits per heavy atom. The second-order valence-corrected chi connectivity index (χ2v) is 6.70. The lowest BCUT2D eigenvalue weighted by atomic mass is 9.97. The standard InChI is InChI=1S/C18H38N2/c1-2-3-4-5-6-7-8-9-10-11-14-20-15-12-18(17-19)13-16-20/h18H,2-17,19H2,1H3. The lowest BCUT2D eigenvalue weighted by molar-refractivity contribution is 0.184. The Morgan fingerprint density at radius 2 is 1.30 bits per heavy atom. The maximum absolute atomic E-state index is 5.74. The first-order valence-electron chi connectivity index (χ1n) is 9.29. The molecule has 1 aliphatic heterocycles. The number of rotatable bonds is 12. The molecule has 0 aliphatic carbocycles. The smallest absolute Gasteiger partial charge is 0.00156 e. The van der Waals surface area contributed by atoms with Gasteiger partial charge in [-0.1, -0.05) is 64.7 Å². The summed E-state index contributed by atoms with van der Waals surface area (Å²) in [6.07, 6.45) is 17.0. The third kappa shape index (κ3) is 8.97. The van der Waals surface area contributed by atoms with Gasteiger partial charge in [-0.15, -0.1) is 0 Å². The summed E-state index contributed by atoms with van der Waals surface area (Å²) in [6, 6.07) is 0. The Hall–Kier alpha value is -0.0800. The van der Waals surface area contributed by atoms with Crippen molar-refractivity contribution in [3.63, 3.8) is 0 Å². The maximum Gasteiger partial charge on any atom is -0.00156 e. The van der Waals surface area contributed by atoms with Crippen LogP contribution in [-0.2, 0) is 0 Å². The molecule has 0 atom stereocenters. The molecule has 0 spiro atoms. The summed E-state index contributed by atoms with van der Waals surface area (Å²) in [7, 11) is 0. The highest BCUT2D eigenvalue weighted by molar-refractivity contribution is 4.72. The van der Waals surface area contributed by atoms with Crippen molar-refractivity contribution in [1.29, 1.82) is 0 Å². The number of piperidine rings is 1. The second-order valence-electron chi connectivity index (χ2n) is 6.70. The summed E-state index contributed by atoms with van der Waals surface area (Å²) in [4.78, 5) is 2.65. The summed E-state index contributed by atoms with van der Waals surface area (Å²) in [5.74, 6) is 0.805. The average Bonchev–Trinajstić information content (AvgIpc) is 2.50. The van der Waals surface area contributed by atoms with Crippen LogP contribution in [0.5, 0.6) is 0 Å². The monoisotopic (exact) mass is 282 g/mol. The number of hydrogen-bond donors (Lipinski definition) is 1. The van der Waals surface area contributed by atoms with Crippen LogP contribution in [-0.4, -0.2) is 31.1 Å². The van der Waals surface area contributed by atoms with Crippen LogP contribution in [0, 0.1) is 5.92 Å². The zero-order valence-electron chi connectivity index (χ0n) is 13.9. The van der Waals surface area contributed by atoms with E-state index in [1.54, 1.807) is 0 Å². The fourth-order valence-electron chi connectivity index (χ4n) is 3.27. The molecule has 2 N–H and O–H groups in total. The first-order chi connectivity index (χ1) is 9.86. The zero-order chi connectivity index (χ0) is 14.5. The van der Waals surface area contributed by atoms with Crippen LogP contribution in [0.1, 0.15) is 84.0 Å². The molecule has 1 rings (SSSR count). The summed E-state index contributed by atoms with van der Waals surface area (Å²) in [5.41, 5.74) is 5.74. The summed E-state index contributed by atoms with van der Waals surface area (Å²) >= 11 is 0. The Bertz CT molecular complexity index is 198. The Labute approximate surface area is 127 Å². The molecule has 1 saturated heterocycles. The van der Waals surface area contributed by atoms with Crippen LogP contribution in [0.2, 0.25) is 0 Å². The lowest BCUT2D eigenvalue weighted by Gasteiger charge is -2.31. The van der Waals surface area contributed by atoms with Gasteiger partial charge in [-0.2, -0.15) is 0 Å². The van der Waals surface area contributed by atoms with Crippen molar-refractivity contribution in [1.82, 2.24) is 4.90 Å². The Kier molecular flexibility index (Phi) is 11.4. The van der Waals surface area contributed by atoms with E-state index in [4.69, 9.17) is 5.73 Å². The van der Waals surface area contributed by atoms with E-state index in [1.807, 2.05) is 0 Å². The molecule has 120 valence electrons. The largest absolute Gasteiger partial charge is 0.330 e. The molecule has 0 aromatic heterocycles. The maximum atomic E-state index is 5.74. The Balaban J connectivity index is 1.79. The molecule has 0 aromatic rings. The molecule has 0 unspecified atom stereocenters. The van der Waals surface area contributed by atoms with Crippen molar-refractivity contribution in [2.24, 2.45) is 11.7 Å². The number of nitrogens with two attached hydrogens (primary N) is 1. The molecule has 20 heavy (non-hydrogen) atoms. The normalized spacial score (nSPS) is 17.7. The molecular weight excluding hydrogens is 244 g/mol. The zero-order valence-corrected chi connectivity index (χ0v) is 13.9. The molecular formula is C18H38N2. The van der Waals surface area contributed by atoms with Crippen molar-refractivity contribution in [2.75, 3.05) is 26.2 Å². The highest BCUT2D eigenvalue weighted by atomic mass is 15.1. The first-order valence-corrected chi connectivity index (χ1v) is 9.29. The molecule has 2 nitrogen and oxygen atoms in total. The van der Waals surface area contributed by atoms with Gasteiger partial charge in [0.2, 0.25) is 0 Å². The van der Waals surface area contributed by atoms with Gasteiger partial charge >= 0.3 is 0 Å². The first kappa shape index (κ1) is 18.0. The fourth-order valence-corrected chi connectivity index (χ4v) is 3.27. The third-order valence-electron chi connectivity index (χ3n) is 4.87. The van der Waals surface area contributed by atoms with Crippen molar-refractivity contribution in [2.45, 2.75) is 84.0 Å². The second kappa shape index (κ2) is 12.6. The van der Waals surface area contributed by atoms with Crippen LogP contribution in [0.25, 0.3) is 0 Å². The molecule has 1 aliphatic rings. The van der Waals surface area contributed by atoms with Gasteiger partial charge in [-0.3, -0.25) is 0 Å². The van der Waals surface area contributed by atoms with E-state index in [2.05, 4.69) is 11.8 Å². The van der Waals surface area contributed by atoms with Crippen LogP contribution in [0.3, 0.4) is 0 Å². The van der Waals surface area contributed by atoms with Gasteiger partial charge in [-0.05, 0) is 51.4 Å². The minimum atomic E-state index is 0.805. The number of nitrogens with zero attached hydrogens (tertiary/aromatic N) is 1. The van der Waals surface area contributed by atoms with E-state index in [0.29, 0.717) is 0 Å². The summed E-state index contributed by atoms with van der Waals surface area (Å²) in [6.45, 7) is 7.09. The molecule has 0 bridgehead atoms. The SMILES string of the molecule is CCCCCCCCCCCCN1CCC(CN)CC1. The minimum absolute atomic E-state index is 0.805. The van der Waals surface area contributed by atoms with Crippen molar-refractivity contribution in [3.8, 4) is 0 Å². The predicted molar refractivity (Wildman–Crippen MR) is 90.1 cm³/mol. The van der Waals surface area contributed by atoms with Gasteiger partial charge in [-0.25, -0.2) is 0 Å². The van der Waals surface area contributed by atoms with E-state index >= 15 is 0 Å². The van der Waals surface area contributed by atoms with Gasteiger partial charge in [0, 0.05) is 0 Å². The Morgan fingerprint density at radius 3 is 1.80 bits per heavy atom. The molecule has 0 aromatic carbocycles. The number of hydrogen-bond acceptors (Lipinski definition) is 2. The van der Waals surface area contributed by atoms with Crippen LogP contribution >= 0.6 is 0 Å². The van der Waals surface area contributed by atoms with E-state index in [1.165, 1.54) is 96.7 Å². The number of unbranched alkanes of at least 4 members (excludes halogenated alkanes) is 9. The minimum Gasteiger partial charge on any atom is -0.330 e. The van der Waals surface area contributed by atoms with E-state index in [0.717, 1.165) is 12.5 Å². The van der Waals surface area contributed by atoms with Gasteiger partial charge < -0.3 is 10.6 Å². The summed E-state index contributed by atoms with van der Waals surface area (Å²) in [5, 5.41) is 0. The van der Waals surface area contributed by atoms with Gasteiger partial charge in [0.25, 0.3) is 0 Å². The quantitative estimate of drug-likeness (QED) is 0.531. The van der Waals surface area contributed by atoms with Crippen molar-refractivity contribution in [3.05, 3.63) is 0 Å². The van der Waals surface area contributed by atoms with E-state index in [-0.39, 0.29) is 0 Å². The molecule has 0 radical (unpaired) electrons. The fraction of sp³-hybridized carbons (Fsp3) is 1.00. The topological polar surface area (TPSA) is 29.3 Å². The van der Waals surface area contributed by atoms with Crippen molar-refractivity contribution < 1.29 is 0 Å². The van der Waals surface area contributed by atoms with E-state index < -0.39 is 0 Å². The van der Waals surface area contributed by atoms with Crippen LogP contribution in [0.15, 0.2) is 0 Å².